The number of rotatable bonds is 13. The number of nitrogens with one attached hydrogen (secondary N) is 3. The predicted octanol–water partition coefficient (Wildman–Crippen LogP) is -0.559. The lowest BCUT2D eigenvalue weighted by atomic mass is 9.69. The lowest BCUT2D eigenvalue weighted by Crippen LogP contribution is -2.53. The van der Waals surface area contributed by atoms with E-state index in [-0.39, 0.29) is 29.7 Å². The van der Waals surface area contributed by atoms with E-state index in [4.69, 9.17) is 5.73 Å². The minimum atomic E-state index is -0.777. The highest BCUT2D eigenvalue weighted by atomic mass is 16.2. The van der Waals surface area contributed by atoms with Crippen molar-refractivity contribution in [3.05, 3.63) is 0 Å². The van der Waals surface area contributed by atoms with Crippen LogP contribution in [-0.4, -0.2) is 55.2 Å². The summed E-state index contributed by atoms with van der Waals surface area (Å²) in [5.74, 6) is -1.13. The first-order valence-corrected chi connectivity index (χ1v) is 9.17. The monoisotopic (exact) mass is 382 g/mol. The van der Waals surface area contributed by atoms with Crippen molar-refractivity contribution in [3.63, 3.8) is 0 Å². The molecule has 0 fully saturated rings. The van der Waals surface area contributed by atoms with Crippen molar-refractivity contribution in [3.8, 4) is 0 Å². The van der Waals surface area contributed by atoms with Crippen molar-refractivity contribution in [2.45, 2.75) is 65.4 Å². The molecule has 2 unspecified atom stereocenters. The van der Waals surface area contributed by atoms with Gasteiger partial charge in [-0.25, -0.2) is 4.79 Å². The van der Waals surface area contributed by atoms with Crippen molar-refractivity contribution < 1.29 is 24.0 Å². The zero-order valence-electron chi connectivity index (χ0n) is 16.6. The van der Waals surface area contributed by atoms with Crippen LogP contribution in [0.15, 0.2) is 0 Å². The standard InChI is InChI=1S/C17H31BN4O5/c1-10(2)15(22-14(25)7-8-18-12(4)24)16(26)21-13(11(3)23)6-5-9-20-17(19)27/h10,13,15,18H,5-9H2,1-4H3,(H,21,26)(H,22,25)(H3,19,20,27). The van der Waals surface area contributed by atoms with Gasteiger partial charge in [-0.1, -0.05) is 20.2 Å². The SMILES string of the molecule is CC(=O)BCCC(=O)NC(C(=O)NC(CCCNC(N)=O)C(C)=O)C(C)C. The number of carbonyl (C=O) groups excluding carboxylic acids is 5. The maximum atomic E-state index is 12.5. The Bertz CT molecular complexity index is 553. The van der Waals surface area contributed by atoms with Gasteiger partial charge >= 0.3 is 6.03 Å². The highest BCUT2D eigenvalue weighted by molar-refractivity contribution is 6.73. The summed E-state index contributed by atoms with van der Waals surface area (Å²) in [6.07, 6.45) is 1.40. The van der Waals surface area contributed by atoms with Crippen molar-refractivity contribution in [1.29, 1.82) is 0 Å². The molecule has 0 aliphatic heterocycles. The summed E-state index contributed by atoms with van der Waals surface area (Å²) in [5, 5.41) is 7.76. The van der Waals surface area contributed by atoms with Crippen molar-refractivity contribution in [2.75, 3.05) is 6.54 Å². The molecule has 0 aliphatic carbocycles. The fraction of sp³-hybridized carbons (Fsp3) is 0.706. The molecule has 152 valence electrons. The molecule has 0 aliphatic rings. The molecule has 4 amide bonds. The number of nitrogens with two attached hydrogens (primary N) is 1. The molecule has 0 radical (unpaired) electrons. The van der Waals surface area contributed by atoms with E-state index in [2.05, 4.69) is 16.0 Å². The highest BCUT2D eigenvalue weighted by Gasteiger charge is 2.27. The number of amides is 4. The van der Waals surface area contributed by atoms with Crippen LogP contribution in [-0.2, 0) is 19.2 Å². The Kier molecular flexibility index (Phi) is 11.7. The second-order valence-electron chi connectivity index (χ2n) is 6.95. The molecular formula is C17H31BN4O5. The number of urea groups is 1. The second-order valence-corrected chi connectivity index (χ2v) is 6.95. The Balaban J connectivity index is 4.67. The van der Waals surface area contributed by atoms with Crippen molar-refractivity contribution >= 4 is 36.6 Å². The number of hydrogen-bond acceptors (Lipinski definition) is 5. The molecule has 27 heavy (non-hydrogen) atoms. The number of ketones is 1. The fourth-order valence-electron chi connectivity index (χ4n) is 2.43. The molecule has 0 aromatic carbocycles. The van der Waals surface area contributed by atoms with E-state index in [0.29, 0.717) is 33.0 Å². The molecule has 0 saturated carbocycles. The van der Waals surface area contributed by atoms with Crippen LogP contribution < -0.4 is 21.7 Å². The summed E-state index contributed by atoms with van der Waals surface area (Å²) in [7, 11) is 0.317. The van der Waals surface area contributed by atoms with E-state index in [1.807, 2.05) is 0 Å². The van der Waals surface area contributed by atoms with Crippen LogP contribution in [0.1, 0.15) is 47.0 Å². The van der Waals surface area contributed by atoms with Crippen molar-refractivity contribution in [1.82, 2.24) is 16.0 Å². The summed E-state index contributed by atoms with van der Waals surface area (Å²) in [6.45, 7) is 6.72. The first-order valence-electron chi connectivity index (χ1n) is 9.17. The van der Waals surface area contributed by atoms with Gasteiger partial charge in [0, 0.05) is 13.0 Å². The molecular weight excluding hydrogens is 351 g/mol. The minimum Gasteiger partial charge on any atom is -0.352 e. The summed E-state index contributed by atoms with van der Waals surface area (Å²) < 4.78 is 0. The third-order valence-electron chi connectivity index (χ3n) is 3.97. The van der Waals surface area contributed by atoms with E-state index in [1.165, 1.54) is 13.8 Å². The topological polar surface area (TPSA) is 147 Å². The lowest BCUT2D eigenvalue weighted by molar-refractivity contribution is -0.132. The molecule has 0 aromatic heterocycles. The third kappa shape index (κ3) is 11.8. The Morgan fingerprint density at radius 2 is 1.67 bits per heavy atom. The van der Waals surface area contributed by atoms with E-state index in [0.717, 1.165) is 0 Å². The Morgan fingerprint density at radius 3 is 2.15 bits per heavy atom. The maximum absolute atomic E-state index is 12.5. The largest absolute Gasteiger partial charge is 0.352 e. The van der Waals surface area contributed by atoms with Crippen LogP contribution in [0.25, 0.3) is 0 Å². The van der Waals surface area contributed by atoms with Gasteiger partial charge in [0.2, 0.25) is 19.1 Å². The van der Waals surface area contributed by atoms with Crippen molar-refractivity contribution in [2.24, 2.45) is 11.7 Å². The number of Topliss-reactive ketones (excluding diaryl/α,β-unsaturated/α-hetero) is 1. The predicted molar refractivity (Wildman–Crippen MR) is 103 cm³/mol. The van der Waals surface area contributed by atoms with Crippen LogP contribution >= 0.6 is 0 Å². The van der Waals surface area contributed by atoms with Gasteiger partial charge in [-0.05, 0) is 32.6 Å². The molecule has 0 spiro atoms. The van der Waals surface area contributed by atoms with Gasteiger partial charge in [0.1, 0.15) is 6.04 Å². The van der Waals surface area contributed by atoms with Gasteiger partial charge in [-0.2, -0.15) is 0 Å². The smallest absolute Gasteiger partial charge is 0.312 e. The summed E-state index contributed by atoms with van der Waals surface area (Å²) in [5.41, 5.74) is 4.99. The molecule has 0 heterocycles. The van der Waals surface area contributed by atoms with Crippen LogP contribution in [0.3, 0.4) is 0 Å². The second kappa shape index (κ2) is 12.9. The quantitative estimate of drug-likeness (QED) is 0.249. The van der Waals surface area contributed by atoms with Gasteiger partial charge in [-0.3, -0.25) is 14.4 Å². The average molecular weight is 382 g/mol. The number of hydrogen-bond donors (Lipinski definition) is 4. The van der Waals surface area contributed by atoms with Gasteiger partial charge in [0.15, 0.2) is 5.78 Å². The van der Waals surface area contributed by atoms with Gasteiger partial charge in [0.05, 0.1) is 11.7 Å². The summed E-state index contributed by atoms with van der Waals surface area (Å²) in [4.78, 5) is 57.9. The number of primary amides is 1. The molecule has 0 rings (SSSR count). The van der Waals surface area contributed by atoms with Crippen LogP contribution in [0, 0.1) is 5.92 Å². The molecule has 0 saturated heterocycles. The average Bonchev–Trinajstić information content (AvgIpc) is 2.54. The summed E-state index contributed by atoms with van der Waals surface area (Å²) >= 11 is 0. The van der Waals surface area contributed by atoms with Crippen LogP contribution in [0.4, 0.5) is 4.79 Å². The molecule has 9 nitrogen and oxygen atoms in total. The third-order valence-corrected chi connectivity index (χ3v) is 3.97. The molecule has 10 heteroatoms. The first-order chi connectivity index (χ1) is 12.5. The molecule has 5 N–H and O–H groups in total. The van der Waals surface area contributed by atoms with E-state index in [9.17, 15) is 24.0 Å². The molecule has 2 atom stereocenters. The zero-order chi connectivity index (χ0) is 21.0. The minimum absolute atomic E-state index is 0.0103. The van der Waals surface area contributed by atoms with E-state index in [1.54, 1.807) is 13.8 Å². The van der Waals surface area contributed by atoms with Crippen LogP contribution in [0.5, 0.6) is 0 Å². The van der Waals surface area contributed by atoms with E-state index >= 15 is 0 Å². The van der Waals surface area contributed by atoms with Gasteiger partial charge < -0.3 is 26.5 Å². The molecule has 0 bridgehead atoms. The fourth-order valence-corrected chi connectivity index (χ4v) is 2.43. The number of carbonyl (C=O) groups is 5. The Morgan fingerprint density at radius 1 is 1.04 bits per heavy atom. The lowest BCUT2D eigenvalue weighted by Gasteiger charge is -2.24. The van der Waals surface area contributed by atoms with Gasteiger partial charge in [0.25, 0.3) is 0 Å². The first kappa shape index (κ1) is 24.6. The Labute approximate surface area is 160 Å². The Hall–Kier alpha value is -2.39. The summed E-state index contributed by atoms with van der Waals surface area (Å²) in [6, 6.07) is -2.13. The van der Waals surface area contributed by atoms with Gasteiger partial charge in [-0.15, -0.1) is 0 Å². The normalized spacial score (nSPS) is 12.6. The maximum Gasteiger partial charge on any atom is 0.312 e. The highest BCUT2D eigenvalue weighted by Crippen LogP contribution is 2.06. The molecule has 0 aromatic rings. The van der Waals surface area contributed by atoms with E-state index < -0.39 is 24.0 Å². The zero-order valence-corrected chi connectivity index (χ0v) is 16.6. The van der Waals surface area contributed by atoms with Crippen LogP contribution in [0.2, 0.25) is 6.32 Å².